The summed E-state index contributed by atoms with van der Waals surface area (Å²) in [5.41, 5.74) is 0. The number of hydrogen-bond acceptors (Lipinski definition) is 7. The molecule has 0 rings (SSSR count). The molecule has 0 N–H and O–H groups in total. The Balaban J connectivity index is 5.96. The zero-order valence-corrected chi connectivity index (χ0v) is 27.0. The van der Waals surface area contributed by atoms with E-state index in [2.05, 4.69) is 6.58 Å². The van der Waals surface area contributed by atoms with E-state index in [0.29, 0.717) is 6.54 Å². The van der Waals surface area contributed by atoms with Crippen LogP contribution in [-0.2, 0) is 26.0 Å². The summed E-state index contributed by atoms with van der Waals surface area (Å²) < 4.78 is 51.8. The van der Waals surface area contributed by atoms with Crippen molar-refractivity contribution in [2.75, 3.05) is 19.1 Å². The van der Waals surface area contributed by atoms with Gasteiger partial charge in [-0.15, -0.1) is 6.58 Å². The van der Waals surface area contributed by atoms with E-state index in [1.54, 1.807) is 11.0 Å². The summed E-state index contributed by atoms with van der Waals surface area (Å²) in [5.74, 6) is 0. The smallest absolute Gasteiger partial charge is 0.325 e. The molecule has 0 radical (unpaired) electrons. The molecule has 0 bridgehead atoms. The van der Waals surface area contributed by atoms with Gasteiger partial charge < -0.3 is 16.9 Å². The molecule has 0 spiro atoms. The van der Waals surface area contributed by atoms with Crippen molar-refractivity contribution in [1.29, 1.82) is 0 Å². The van der Waals surface area contributed by atoms with Crippen molar-refractivity contribution in [2.24, 2.45) is 0 Å². The Bertz CT molecular complexity index is 573. The van der Waals surface area contributed by atoms with Crippen LogP contribution < -0.4 is 0 Å². The lowest BCUT2D eigenvalue weighted by molar-refractivity contribution is 0.301. The molecule has 0 saturated carbocycles. The van der Waals surface area contributed by atoms with Crippen LogP contribution in [0.5, 0.6) is 0 Å². The molecule has 7 nitrogen and oxygen atoms in total. The van der Waals surface area contributed by atoms with E-state index < -0.39 is 48.5 Å². The normalized spacial score (nSPS) is 15.0. The Hall–Kier alpha value is 0.868. The highest BCUT2D eigenvalue weighted by Gasteiger charge is 2.42. The fourth-order valence-corrected chi connectivity index (χ4v) is 19.5. The molecule has 0 aromatic rings. The van der Waals surface area contributed by atoms with E-state index in [4.69, 9.17) is 16.9 Å². The van der Waals surface area contributed by atoms with E-state index in [-0.39, 0.29) is 12.6 Å². The van der Waals surface area contributed by atoms with Crippen molar-refractivity contribution in [3.63, 3.8) is 0 Å². The predicted molar refractivity (Wildman–Crippen MR) is 140 cm³/mol. The Morgan fingerprint density at radius 3 is 1.03 bits per heavy atom. The first-order valence-electron chi connectivity index (χ1n) is 10.3. The van der Waals surface area contributed by atoms with E-state index >= 15 is 0 Å². The van der Waals surface area contributed by atoms with E-state index in [1.165, 1.54) is 0 Å². The van der Waals surface area contributed by atoms with Crippen LogP contribution in [-0.4, -0.2) is 57.3 Å². The number of nitrogens with zero attached hydrogens (tertiary/aromatic N) is 1. The Morgan fingerprint density at radius 1 is 0.633 bits per heavy atom. The highest BCUT2D eigenvalue weighted by Crippen LogP contribution is 2.57. The third-order valence-corrected chi connectivity index (χ3v) is 17.5. The molecule has 0 aliphatic carbocycles. The zero-order chi connectivity index (χ0) is 24.2. The number of rotatable bonds is 14. The maximum Gasteiger partial charge on any atom is 0.325 e. The standard InChI is InChI=1S/C17H45NO6P2Si4/c1-14-15-18(16-25(19,21-27(2,3)4)22-28(5,6)7)17-26(20,23-29(8,9)10)24-30(11,12)13/h14H,1,15-17H2,2-13H3. The van der Waals surface area contributed by atoms with Crippen molar-refractivity contribution in [2.45, 2.75) is 78.6 Å². The SMILES string of the molecule is C=CCN(CP(=O)(O[Si](C)(C)C)O[Si](C)(C)C)CP(=O)(O[Si](C)(C)C)O[Si](C)(C)C. The minimum atomic E-state index is -3.44. The molecule has 180 valence electrons. The average Bonchev–Trinajstić information content (AvgIpc) is 2.26. The van der Waals surface area contributed by atoms with Gasteiger partial charge in [0.2, 0.25) is 0 Å². The van der Waals surface area contributed by atoms with Crippen LogP contribution in [0, 0.1) is 0 Å². The highest BCUT2D eigenvalue weighted by atomic mass is 31.2. The Labute approximate surface area is 189 Å². The third kappa shape index (κ3) is 15.6. The van der Waals surface area contributed by atoms with Gasteiger partial charge in [0.25, 0.3) is 0 Å². The fourth-order valence-electron chi connectivity index (χ4n) is 2.65. The van der Waals surface area contributed by atoms with Crippen molar-refractivity contribution in [3.8, 4) is 0 Å². The van der Waals surface area contributed by atoms with Gasteiger partial charge in [-0.05, 0) is 78.6 Å². The van der Waals surface area contributed by atoms with Crippen LogP contribution in [0.1, 0.15) is 0 Å². The lowest BCUT2D eigenvalue weighted by Gasteiger charge is -2.37. The molecule has 0 aromatic carbocycles. The quantitative estimate of drug-likeness (QED) is 0.133. The average molecular weight is 534 g/mol. The molecular formula is C17H45NO6P2Si4. The van der Waals surface area contributed by atoms with Crippen LogP contribution in [0.4, 0.5) is 0 Å². The molecule has 0 heterocycles. The van der Waals surface area contributed by atoms with Gasteiger partial charge in [-0.1, -0.05) is 6.08 Å². The number of hydrogen-bond donors (Lipinski definition) is 0. The molecule has 0 unspecified atom stereocenters. The van der Waals surface area contributed by atoms with E-state index in [1.807, 2.05) is 78.6 Å². The molecule has 13 heteroatoms. The van der Waals surface area contributed by atoms with Gasteiger partial charge in [-0.2, -0.15) is 0 Å². The van der Waals surface area contributed by atoms with Crippen LogP contribution in [0.3, 0.4) is 0 Å². The van der Waals surface area contributed by atoms with E-state index in [9.17, 15) is 9.13 Å². The monoisotopic (exact) mass is 533 g/mol. The van der Waals surface area contributed by atoms with Gasteiger partial charge in [-0.3, -0.25) is 14.0 Å². The van der Waals surface area contributed by atoms with Crippen molar-refractivity contribution < 1.29 is 26.0 Å². The van der Waals surface area contributed by atoms with Crippen LogP contribution in [0.25, 0.3) is 0 Å². The molecule has 0 aliphatic rings. The molecule has 0 saturated heterocycles. The molecular weight excluding hydrogens is 488 g/mol. The minimum Gasteiger partial charge on any atom is -0.351 e. The van der Waals surface area contributed by atoms with E-state index in [0.717, 1.165) is 0 Å². The second kappa shape index (κ2) is 10.9. The van der Waals surface area contributed by atoms with Crippen LogP contribution in [0.15, 0.2) is 12.7 Å². The van der Waals surface area contributed by atoms with Gasteiger partial charge in [0.15, 0.2) is 33.3 Å². The molecule has 0 aromatic heterocycles. The summed E-state index contributed by atoms with van der Waals surface area (Å²) >= 11 is 0. The summed E-state index contributed by atoms with van der Waals surface area (Å²) in [6.45, 7) is 28.0. The maximum atomic E-state index is 13.8. The van der Waals surface area contributed by atoms with Crippen molar-refractivity contribution >= 4 is 48.5 Å². The summed E-state index contributed by atoms with van der Waals surface area (Å²) in [6.07, 6.45) is 1.75. The van der Waals surface area contributed by atoms with Gasteiger partial charge in [0, 0.05) is 6.54 Å². The van der Waals surface area contributed by atoms with Gasteiger partial charge >= 0.3 is 15.2 Å². The van der Waals surface area contributed by atoms with Crippen LogP contribution in [0.2, 0.25) is 78.6 Å². The summed E-state index contributed by atoms with van der Waals surface area (Å²) in [7, 11) is -15.5. The first-order chi connectivity index (χ1) is 13.0. The zero-order valence-electron chi connectivity index (χ0n) is 21.2. The second-order valence-corrected chi connectivity index (χ2v) is 34.3. The lowest BCUT2D eigenvalue weighted by atomic mass is 10.6. The van der Waals surface area contributed by atoms with Crippen molar-refractivity contribution in [1.82, 2.24) is 4.90 Å². The molecule has 0 aliphatic heterocycles. The van der Waals surface area contributed by atoms with Crippen LogP contribution >= 0.6 is 15.2 Å². The van der Waals surface area contributed by atoms with Gasteiger partial charge in [-0.25, -0.2) is 0 Å². The van der Waals surface area contributed by atoms with Gasteiger partial charge in [0.05, 0.1) is 0 Å². The molecule has 30 heavy (non-hydrogen) atoms. The summed E-state index contributed by atoms with van der Waals surface area (Å²) in [5, 5.41) is 0. The highest BCUT2D eigenvalue weighted by molar-refractivity contribution is 7.58. The first kappa shape index (κ1) is 30.9. The molecule has 0 amide bonds. The fraction of sp³-hybridized carbons (Fsp3) is 0.882. The van der Waals surface area contributed by atoms with Gasteiger partial charge in [0.1, 0.15) is 12.6 Å². The molecule has 0 atom stereocenters. The molecule has 0 fully saturated rings. The maximum absolute atomic E-state index is 13.8. The Morgan fingerprint density at radius 2 is 0.867 bits per heavy atom. The topological polar surface area (TPSA) is 74.3 Å². The predicted octanol–water partition coefficient (Wildman–Crippen LogP) is 7.18. The second-order valence-electron chi connectivity index (χ2n) is 11.5. The Kier molecular flexibility index (Phi) is 11.2. The third-order valence-electron chi connectivity index (χ3n) is 2.79. The lowest BCUT2D eigenvalue weighted by Crippen LogP contribution is -2.37. The first-order valence-corrected chi connectivity index (χ1v) is 27.4. The summed E-state index contributed by atoms with van der Waals surface area (Å²) in [4.78, 5) is 1.79. The summed E-state index contributed by atoms with van der Waals surface area (Å²) in [6, 6.07) is 0. The largest absolute Gasteiger partial charge is 0.351 e. The minimum absolute atomic E-state index is 0.0294. The van der Waals surface area contributed by atoms with Crippen molar-refractivity contribution in [3.05, 3.63) is 12.7 Å².